The Bertz CT molecular complexity index is 165. The SMILES string of the molecule is CCCc1n[c-]ccn1.[CH2-]C.[Y]. The molecule has 0 unspecified atom stereocenters. The van der Waals surface area contributed by atoms with E-state index < -0.39 is 0 Å². The Morgan fingerprint density at radius 3 is 2.58 bits per heavy atom. The molecular formula is C9H14N2Y-2. The van der Waals surface area contributed by atoms with Crippen LogP contribution in [0.3, 0.4) is 0 Å². The largest absolute Gasteiger partial charge is 0.373 e. The van der Waals surface area contributed by atoms with Crippen molar-refractivity contribution in [2.75, 3.05) is 0 Å². The summed E-state index contributed by atoms with van der Waals surface area (Å²) in [6.07, 6.45) is 6.50. The minimum absolute atomic E-state index is 0. The average molecular weight is 239 g/mol. The summed E-state index contributed by atoms with van der Waals surface area (Å²) >= 11 is 0. The van der Waals surface area contributed by atoms with Crippen LogP contribution in [0, 0.1) is 13.1 Å². The van der Waals surface area contributed by atoms with Gasteiger partial charge in [-0.05, 0) is 6.42 Å². The minimum Gasteiger partial charge on any atom is -0.373 e. The molecule has 0 aliphatic rings. The van der Waals surface area contributed by atoms with Crippen LogP contribution in [0.25, 0.3) is 0 Å². The van der Waals surface area contributed by atoms with Gasteiger partial charge in [-0.1, -0.05) is 25.7 Å². The van der Waals surface area contributed by atoms with Crippen molar-refractivity contribution in [1.82, 2.24) is 9.97 Å². The van der Waals surface area contributed by atoms with Crippen LogP contribution in [0.15, 0.2) is 12.3 Å². The van der Waals surface area contributed by atoms with E-state index in [1.165, 1.54) is 0 Å². The van der Waals surface area contributed by atoms with Gasteiger partial charge in [0.15, 0.2) is 0 Å². The molecule has 0 bridgehead atoms. The maximum absolute atomic E-state index is 4.03. The fraction of sp³-hybridized carbons (Fsp3) is 0.444. The molecule has 65 valence electrons. The van der Waals surface area contributed by atoms with E-state index in [1.807, 2.05) is 0 Å². The third-order valence-corrected chi connectivity index (χ3v) is 1.04. The van der Waals surface area contributed by atoms with Crippen molar-refractivity contribution in [2.45, 2.75) is 26.7 Å². The van der Waals surface area contributed by atoms with Gasteiger partial charge in [0, 0.05) is 38.5 Å². The summed E-state index contributed by atoms with van der Waals surface area (Å²) in [5, 5.41) is 0. The van der Waals surface area contributed by atoms with Crippen LogP contribution >= 0.6 is 0 Å². The van der Waals surface area contributed by atoms with E-state index in [0.29, 0.717) is 0 Å². The monoisotopic (exact) mass is 239 g/mol. The topological polar surface area (TPSA) is 25.8 Å². The van der Waals surface area contributed by atoms with Crippen LogP contribution < -0.4 is 0 Å². The van der Waals surface area contributed by atoms with Crippen molar-refractivity contribution in [2.24, 2.45) is 0 Å². The molecular weight excluding hydrogens is 225 g/mol. The standard InChI is InChI=1S/C7H9N2.C2H5.Y/c1-2-4-7-8-5-3-6-9-7;1-2;/h3,5H,2,4H2,1H3;1H2,2H3;/q2*-1;. The van der Waals surface area contributed by atoms with Crippen molar-refractivity contribution in [3.8, 4) is 0 Å². The Labute approximate surface area is 100 Å². The van der Waals surface area contributed by atoms with Crippen molar-refractivity contribution in [1.29, 1.82) is 0 Å². The van der Waals surface area contributed by atoms with Gasteiger partial charge in [-0.2, -0.15) is 6.92 Å². The van der Waals surface area contributed by atoms with Crippen LogP contribution in [0.2, 0.25) is 0 Å². The van der Waals surface area contributed by atoms with Crippen LogP contribution in [-0.4, -0.2) is 9.97 Å². The Morgan fingerprint density at radius 1 is 1.50 bits per heavy atom. The molecule has 1 radical (unpaired) electrons. The van der Waals surface area contributed by atoms with Gasteiger partial charge in [0.25, 0.3) is 0 Å². The van der Waals surface area contributed by atoms with Crippen LogP contribution in [0.5, 0.6) is 0 Å². The molecule has 0 aliphatic heterocycles. The van der Waals surface area contributed by atoms with E-state index in [9.17, 15) is 0 Å². The van der Waals surface area contributed by atoms with Gasteiger partial charge >= 0.3 is 0 Å². The van der Waals surface area contributed by atoms with E-state index in [4.69, 9.17) is 0 Å². The summed E-state index contributed by atoms with van der Waals surface area (Å²) in [4.78, 5) is 7.96. The number of nitrogens with zero attached hydrogens (tertiary/aromatic N) is 2. The molecule has 1 aromatic heterocycles. The van der Waals surface area contributed by atoms with Gasteiger partial charge in [-0.25, -0.2) is 0 Å². The van der Waals surface area contributed by atoms with Gasteiger partial charge in [0.2, 0.25) is 0 Å². The molecule has 0 saturated heterocycles. The second kappa shape index (κ2) is 11.2. The molecule has 0 N–H and O–H groups in total. The van der Waals surface area contributed by atoms with Gasteiger partial charge in [0.1, 0.15) is 0 Å². The molecule has 0 saturated carbocycles. The summed E-state index contributed by atoms with van der Waals surface area (Å²) in [5.41, 5.74) is 0. The van der Waals surface area contributed by atoms with E-state index in [0.717, 1.165) is 18.7 Å². The van der Waals surface area contributed by atoms with Crippen molar-refractivity contribution >= 4 is 0 Å². The third-order valence-electron chi connectivity index (χ3n) is 1.04. The zero-order valence-corrected chi connectivity index (χ0v) is 10.6. The minimum atomic E-state index is 0. The maximum Gasteiger partial charge on any atom is 0.0135 e. The molecule has 0 amide bonds. The Balaban J connectivity index is 0. The van der Waals surface area contributed by atoms with Gasteiger partial charge in [0.05, 0.1) is 0 Å². The number of rotatable bonds is 2. The number of aromatic nitrogens is 2. The Morgan fingerprint density at radius 2 is 2.17 bits per heavy atom. The first-order chi connectivity index (χ1) is 5.43. The normalized spacial score (nSPS) is 7.58. The first-order valence-corrected chi connectivity index (χ1v) is 3.82. The summed E-state index contributed by atoms with van der Waals surface area (Å²) in [7, 11) is 0. The van der Waals surface area contributed by atoms with Crippen LogP contribution in [0.1, 0.15) is 26.1 Å². The smallest absolute Gasteiger partial charge is 0.0135 e. The molecule has 0 aliphatic carbocycles. The molecule has 0 atom stereocenters. The molecule has 1 heterocycles. The average Bonchev–Trinajstić information content (AvgIpc) is 2.11. The summed E-state index contributed by atoms with van der Waals surface area (Å²) in [6.45, 7) is 7.11. The van der Waals surface area contributed by atoms with E-state index >= 15 is 0 Å². The summed E-state index contributed by atoms with van der Waals surface area (Å²) < 4.78 is 0. The van der Waals surface area contributed by atoms with Crippen LogP contribution in [-0.2, 0) is 39.1 Å². The van der Waals surface area contributed by atoms with Crippen molar-refractivity contribution in [3.63, 3.8) is 0 Å². The number of hydrogen-bond acceptors (Lipinski definition) is 2. The second-order valence-electron chi connectivity index (χ2n) is 1.85. The zero-order valence-electron chi connectivity index (χ0n) is 7.75. The fourth-order valence-corrected chi connectivity index (χ4v) is 0.641. The summed E-state index contributed by atoms with van der Waals surface area (Å²) in [5.74, 6) is 0.889. The van der Waals surface area contributed by atoms with E-state index in [1.54, 1.807) is 19.2 Å². The quantitative estimate of drug-likeness (QED) is 0.738. The number of aryl methyl sites for hydroxylation is 1. The zero-order chi connectivity index (χ0) is 8.53. The molecule has 1 rings (SSSR count). The van der Waals surface area contributed by atoms with Gasteiger partial charge in [-0.15, -0.1) is 6.07 Å². The van der Waals surface area contributed by atoms with E-state index in [2.05, 4.69) is 30.0 Å². The maximum atomic E-state index is 4.03. The molecule has 0 fully saturated rings. The van der Waals surface area contributed by atoms with Gasteiger partial charge < -0.3 is 16.9 Å². The van der Waals surface area contributed by atoms with Crippen LogP contribution in [0.4, 0.5) is 0 Å². The second-order valence-corrected chi connectivity index (χ2v) is 1.85. The van der Waals surface area contributed by atoms with Crippen molar-refractivity contribution < 1.29 is 32.7 Å². The predicted octanol–water partition coefficient (Wildman–Crippen LogP) is 2.07. The fourth-order valence-electron chi connectivity index (χ4n) is 0.641. The Kier molecular flexibility index (Phi) is 13.7. The summed E-state index contributed by atoms with van der Waals surface area (Å²) in [6, 6.07) is 1.71. The third kappa shape index (κ3) is 6.87. The van der Waals surface area contributed by atoms with E-state index in [-0.39, 0.29) is 32.7 Å². The first kappa shape index (κ1) is 14.7. The molecule has 0 aromatic carbocycles. The number of hydrogen-bond donors (Lipinski definition) is 0. The molecule has 3 heteroatoms. The van der Waals surface area contributed by atoms with Gasteiger partial charge in [-0.3, -0.25) is 0 Å². The molecule has 0 spiro atoms. The van der Waals surface area contributed by atoms with Crippen molar-refractivity contribution in [3.05, 3.63) is 31.2 Å². The Hall–Kier alpha value is 0.184. The molecule has 12 heavy (non-hydrogen) atoms. The first-order valence-electron chi connectivity index (χ1n) is 3.82. The predicted molar refractivity (Wildman–Crippen MR) is 45.9 cm³/mol. The molecule has 2 nitrogen and oxygen atoms in total. The molecule has 1 aromatic rings.